The maximum absolute atomic E-state index is 11.8. The van der Waals surface area contributed by atoms with Crippen LogP contribution in [0.15, 0.2) is 52.2 Å². The number of amides is 1. The van der Waals surface area contributed by atoms with Crippen LogP contribution in [0.25, 0.3) is 11.3 Å². The maximum atomic E-state index is 11.8. The summed E-state index contributed by atoms with van der Waals surface area (Å²) in [6.45, 7) is -0.254. The van der Waals surface area contributed by atoms with E-state index in [0.29, 0.717) is 17.1 Å². The number of furan rings is 1. The summed E-state index contributed by atoms with van der Waals surface area (Å²) in [6.07, 6.45) is 3.41. The van der Waals surface area contributed by atoms with Crippen LogP contribution in [0.2, 0.25) is 5.02 Å². The van der Waals surface area contributed by atoms with Crippen LogP contribution in [0, 0.1) is 20.2 Å². The van der Waals surface area contributed by atoms with Crippen molar-refractivity contribution in [3.63, 3.8) is 0 Å². The molecule has 0 fully saturated rings. The molecule has 148 valence electrons. The molecule has 0 saturated heterocycles. The number of hydrogen-bond acceptors (Lipinski definition) is 8. The number of carbonyl (C=O) groups is 1. The van der Waals surface area contributed by atoms with Crippen molar-refractivity contribution in [2.24, 2.45) is 5.10 Å². The molecule has 0 aliphatic heterocycles. The lowest BCUT2D eigenvalue weighted by Crippen LogP contribution is -2.23. The minimum atomic E-state index is -0.619. The van der Waals surface area contributed by atoms with E-state index in [9.17, 15) is 25.0 Å². The normalized spacial score (nSPS) is 10.9. The Morgan fingerprint density at radius 1 is 1.28 bits per heavy atom. The van der Waals surface area contributed by atoms with Crippen molar-refractivity contribution in [1.29, 1.82) is 0 Å². The fourth-order valence-corrected chi connectivity index (χ4v) is 2.52. The fraction of sp³-hybridized carbons (Fsp3) is 0.0625. The SMILES string of the molecule is O=C(Cn1cc([N+](=O)[O-])cn1)N/N=C/c1ccc(-c2ccc([N+](=O)[O-])c(Cl)c2)o1. The number of nitrogens with zero attached hydrogens (tertiary/aromatic N) is 5. The Labute approximate surface area is 166 Å². The standard InChI is InChI=1S/C16H11ClN6O6/c17-13-5-10(1-3-14(13)23(27)28)15-4-2-12(29-15)7-18-20-16(24)9-21-8-11(6-19-21)22(25)26/h1-8H,9H2,(H,20,24)/b18-7+. The fourth-order valence-electron chi connectivity index (χ4n) is 2.27. The van der Waals surface area contributed by atoms with E-state index in [0.717, 1.165) is 17.1 Å². The van der Waals surface area contributed by atoms with Crippen molar-refractivity contribution in [1.82, 2.24) is 15.2 Å². The number of benzene rings is 1. The van der Waals surface area contributed by atoms with E-state index in [2.05, 4.69) is 15.6 Å². The van der Waals surface area contributed by atoms with Crippen molar-refractivity contribution >= 4 is 35.1 Å². The van der Waals surface area contributed by atoms with Gasteiger partial charge < -0.3 is 4.42 Å². The van der Waals surface area contributed by atoms with E-state index in [-0.39, 0.29) is 22.9 Å². The van der Waals surface area contributed by atoms with Gasteiger partial charge >= 0.3 is 5.69 Å². The quantitative estimate of drug-likeness (QED) is 0.350. The molecule has 2 heterocycles. The van der Waals surface area contributed by atoms with Crippen LogP contribution >= 0.6 is 11.6 Å². The van der Waals surface area contributed by atoms with Gasteiger partial charge in [-0.15, -0.1) is 0 Å². The first-order chi connectivity index (χ1) is 13.8. The van der Waals surface area contributed by atoms with Crippen LogP contribution in [0.5, 0.6) is 0 Å². The minimum absolute atomic E-state index is 0.0229. The number of nitro groups is 2. The summed E-state index contributed by atoms with van der Waals surface area (Å²) >= 11 is 5.88. The monoisotopic (exact) mass is 418 g/mol. The summed E-state index contributed by atoms with van der Waals surface area (Å²) in [5.41, 5.74) is 2.33. The highest BCUT2D eigenvalue weighted by Gasteiger charge is 2.14. The van der Waals surface area contributed by atoms with E-state index in [1.165, 1.54) is 24.4 Å². The van der Waals surface area contributed by atoms with E-state index in [1.54, 1.807) is 12.1 Å². The van der Waals surface area contributed by atoms with Gasteiger partial charge in [-0.1, -0.05) is 11.6 Å². The summed E-state index contributed by atoms with van der Waals surface area (Å²) in [5.74, 6) is 0.163. The van der Waals surface area contributed by atoms with Gasteiger partial charge in [0.25, 0.3) is 11.6 Å². The second-order valence-corrected chi connectivity index (χ2v) is 5.98. The number of rotatable bonds is 7. The van der Waals surface area contributed by atoms with Gasteiger partial charge in [0.15, 0.2) is 0 Å². The number of halogens is 1. The van der Waals surface area contributed by atoms with Gasteiger partial charge in [0.05, 0.1) is 16.1 Å². The third kappa shape index (κ3) is 4.81. The summed E-state index contributed by atoms with van der Waals surface area (Å²) in [6, 6.07) is 7.37. The molecule has 0 aliphatic rings. The predicted octanol–water partition coefficient (Wildman–Crippen LogP) is 2.76. The van der Waals surface area contributed by atoms with Gasteiger partial charge in [0.2, 0.25) is 0 Å². The third-order valence-electron chi connectivity index (χ3n) is 3.57. The van der Waals surface area contributed by atoms with Gasteiger partial charge in [0.1, 0.15) is 35.5 Å². The van der Waals surface area contributed by atoms with Gasteiger partial charge in [-0.2, -0.15) is 10.2 Å². The Balaban J connectivity index is 1.60. The molecule has 0 bridgehead atoms. The van der Waals surface area contributed by atoms with Crippen molar-refractivity contribution in [3.05, 3.63) is 73.7 Å². The zero-order valence-electron chi connectivity index (χ0n) is 14.4. The molecule has 0 unspecified atom stereocenters. The third-order valence-corrected chi connectivity index (χ3v) is 3.88. The van der Waals surface area contributed by atoms with Gasteiger partial charge in [-0.25, -0.2) is 5.43 Å². The zero-order valence-corrected chi connectivity index (χ0v) is 15.1. The molecule has 0 atom stereocenters. The minimum Gasteiger partial charge on any atom is -0.455 e. The lowest BCUT2D eigenvalue weighted by atomic mass is 10.1. The van der Waals surface area contributed by atoms with Gasteiger partial charge in [-0.3, -0.25) is 29.7 Å². The molecule has 1 amide bonds. The topological polar surface area (TPSA) is 159 Å². The number of carbonyl (C=O) groups excluding carboxylic acids is 1. The predicted molar refractivity (Wildman–Crippen MR) is 100 cm³/mol. The van der Waals surface area contributed by atoms with Crippen LogP contribution in [0.4, 0.5) is 11.4 Å². The highest BCUT2D eigenvalue weighted by atomic mass is 35.5. The zero-order chi connectivity index (χ0) is 21.0. The van der Waals surface area contributed by atoms with Crippen molar-refractivity contribution in [2.75, 3.05) is 0 Å². The van der Waals surface area contributed by atoms with E-state index < -0.39 is 15.8 Å². The van der Waals surface area contributed by atoms with Crippen LogP contribution in [0.1, 0.15) is 5.76 Å². The first-order valence-corrected chi connectivity index (χ1v) is 8.24. The molecule has 2 aromatic heterocycles. The Bertz CT molecular complexity index is 1120. The van der Waals surface area contributed by atoms with Crippen LogP contribution < -0.4 is 5.43 Å². The molecule has 12 nitrogen and oxygen atoms in total. The molecule has 0 radical (unpaired) electrons. The summed E-state index contributed by atoms with van der Waals surface area (Å²) in [7, 11) is 0. The average Bonchev–Trinajstić information content (AvgIpc) is 3.31. The molecule has 1 N–H and O–H groups in total. The Hall–Kier alpha value is -4.06. The largest absolute Gasteiger partial charge is 0.455 e. The number of aromatic nitrogens is 2. The lowest BCUT2D eigenvalue weighted by molar-refractivity contribution is -0.385. The molecule has 0 saturated carbocycles. The van der Waals surface area contributed by atoms with Crippen molar-refractivity contribution in [2.45, 2.75) is 6.54 Å². The molecular formula is C16H11ClN6O6. The summed E-state index contributed by atoms with van der Waals surface area (Å²) < 4.78 is 6.64. The maximum Gasteiger partial charge on any atom is 0.307 e. The molecule has 13 heteroatoms. The second kappa shape index (κ2) is 8.31. The van der Waals surface area contributed by atoms with Crippen LogP contribution in [-0.4, -0.2) is 31.7 Å². The van der Waals surface area contributed by atoms with E-state index in [1.807, 2.05) is 0 Å². The summed E-state index contributed by atoms with van der Waals surface area (Å²) in [4.78, 5) is 32.0. The average molecular weight is 419 g/mol. The van der Waals surface area contributed by atoms with E-state index in [4.69, 9.17) is 16.0 Å². The molecule has 1 aromatic carbocycles. The lowest BCUT2D eigenvalue weighted by Gasteiger charge is -1.99. The molecule has 29 heavy (non-hydrogen) atoms. The first-order valence-electron chi connectivity index (χ1n) is 7.86. The Morgan fingerprint density at radius 2 is 2.07 bits per heavy atom. The van der Waals surface area contributed by atoms with Crippen molar-refractivity contribution in [3.8, 4) is 11.3 Å². The van der Waals surface area contributed by atoms with Crippen LogP contribution in [0.3, 0.4) is 0 Å². The van der Waals surface area contributed by atoms with Crippen molar-refractivity contribution < 1.29 is 19.1 Å². The van der Waals surface area contributed by atoms with Gasteiger partial charge in [-0.05, 0) is 24.3 Å². The number of nitro benzene ring substituents is 1. The smallest absolute Gasteiger partial charge is 0.307 e. The molecule has 3 aromatic rings. The molecular weight excluding hydrogens is 408 g/mol. The molecule has 0 aliphatic carbocycles. The van der Waals surface area contributed by atoms with E-state index >= 15 is 0 Å². The highest BCUT2D eigenvalue weighted by molar-refractivity contribution is 6.32. The summed E-state index contributed by atoms with van der Waals surface area (Å²) in [5, 5.41) is 28.8. The number of nitrogens with one attached hydrogen (secondary N) is 1. The number of hydrogen-bond donors (Lipinski definition) is 1. The first kappa shape index (κ1) is 19.7. The van der Waals surface area contributed by atoms with Crippen LogP contribution in [-0.2, 0) is 11.3 Å². The Morgan fingerprint density at radius 3 is 2.72 bits per heavy atom. The Kier molecular flexibility index (Phi) is 5.64. The second-order valence-electron chi connectivity index (χ2n) is 5.57. The molecule has 0 spiro atoms. The number of hydrazone groups is 1. The molecule has 3 rings (SSSR count). The highest BCUT2D eigenvalue weighted by Crippen LogP contribution is 2.30. The van der Waals surface area contributed by atoms with Gasteiger partial charge in [0, 0.05) is 11.6 Å².